The summed E-state index contributed by atoms with van der Waals surface area (Å²) in [5.74, 6) is -1.48. The molecule has 1 aromatic rings. The second kappa shape index (κ2) is 6.84. The van der Waals surface area contributed by atoms with E-state index in [-0.39, 0.29) is 31.6 Å². The first-order chi connectivity index (χ1) is 12.7. The third-order valence-electron chi connectivity index (χ3n) is 5.59. The van der Waals surface area contributed by atoms with Gasteiger partial charge in [-0.15, -0.1) is 0 Å². The summed E-state index contributed by atoms with van der Waals surface area (Å²) in [6, 6.07) is 6.92. The average Bonchev–Trinajstić information content (AvgIpc) is 2.62. The lowest BCUT2D eigenvalue weighted by Crippen LogP contribution is -2.76. The van der Waals surface area contributed by atoms with Crippen LogP contribution in [0, 0.1) is 5.41 Å². The van der Waals surface area contributed by atoms with Crippen LogP contribution in [0.25, 0.3) is 0 Å². The van der Waals surface area contributed by atoms with Crippen molar-refractivity contribution in [3.63, 3.8) is 0 Å². The molecule has 1 aromatic carbocycles. The molecular formula is C19H24N2O6. The SMILES string of the molecule is CCOC1CC(NC(=O)CN2C(=O)COc3ccccc32)(C(=O)O)C1(C)C. The minimum atomic E-state index is -1.43. The summed E-state index contributed by atoms with van der Waals surface area (Å²) in [7, 11) is 0. The number of amides is 2. The van der Waals surface area contributed by atoms with Crippen molar-refractivity contribution in [2.45, 2.75) is 38.8 Å². The van der Waals surface area contributed by atoms with E-state index in [2.05, 4.69) is 5.32 Å². The fraction of sp³-hybridized carbons (Fsp3) is 0.526. The number of fused-ring (bicyclic) bond motifs is 1. The van der Waals surface area contributed by atoms with Gasteiger partial charge in [-0.2, -0.15) is 0 Å². The Bertz CT molecular complexity index is 777. The van der Waals surface area contributed by atoms with Gasteiger partial charge in [-0.1, -0.05) is 26.0 Å². The lowest BCUT2D eigenvalue weighted by atomic mass is 9.54. The van der Waals surface area contributed by atoms with E-state index >= 15 is 0 Å². The lowest BCUT2D eigenvalue weighted by Gasteiger charge is -2.58. The number of carboxylic acids is 1. The van der Waals surface area contributed by atoms with E-state index in [1.807, 2.05) is 6.92 Å². The highest BCUT2D eigenvalue weighted by Gasteiger charge is 2.66. The number of carboxylic acid groups (broad SMARTS) is 1. The van der Waals surface area contributed by atoms with Crippen molar-refractivity contribution in [3.8, 4) is 5.75 Å². The molecule has 2 aliphatic rings. The number of carbonyl (C=O) groups excluding carboxylic acids is 2. The number of hydrogen-bond donors (Lipinski definition) is 2. The third kappa shape index (κ3) is 3.03. The van der Waals surface area contributed by atoms with Gasteiger partial charge in [0.15, 0.2) is 6.61 Å². The predicted octanol–water partition coefficient (Wildman–Crippen LogP) is 1.19. The van der Waals surface area contributed by atoms with Gasteiger partial charge in [-0.05, 0) is 19.1 Å². The monoisotopic (exact) mass is 376 g/mol. The Kier molecular flexibility index (Phi) is 4.86. The Hall–Kier alpha value is -2.61. The maximum absolute atomic E-state index is 12.7. The van der Waals surface area contributed by atoms with Crippen LogP contribution >= 0.6 is 0 Å². The molecule has 1 heterocycles. The van der Waals surface area contributed by atoms with Crippen molar-refractivity contribution in [3.05, 3.63) is 24.3 Å². The molecule has 1 fully saturated rings. The molecule has 0 radical (unpaired) electrons. The number of benzene rings is 1. The van der Waals surface area contributed by atoms with Gasteiger partial charge in [0.2, 0.25) is 5.91 Å². The number of rotatable bonds is 6. The molecule has 2 N–H and O–H groups in total. The van der Waals surface area contributed by atoms with Gasteiger partial charge in [0.25, 0.3) is 5.91 Å². The minimum absolute atomic E-state index is 0.160. The third-order valence-corrected chi connectivity index (χ3v) is 5.59. The maximum Gasteiger partial charge on any atom is 0.330 e. The summed E-state index contributed by atoms with van der Waals surface area (Å²) in [6.45, 7) is 5.41. The number of nitrogens with zero attached hydrogens (tertiary/aromatic N) is 1. The van der Waals surface area contributed by atoms with E-state index in [0.717, 1.165) is 0 Å². The number of carbonyl (C=O) groups is 3. The highest BCUT2D eigenvalue weighted by atomic mass is 16.5. The molecular weight excluding hydrogens is 352 g/mol. The van der Waals surface area contributed by atoms with E-state index in [1.54, 1.807) is 38.1 Å². The molecule has 2 amide bonds. The number of ether oxygens (including phenoxy) is 2. The Morgan fingerprint density at radius 2 is 2.07 bits per heavy atom. The zero-order valence-corrected chi connectivity index (χ0v) is 15.7. The number of hydrogen-bond acceptors (Lipinski definition) is 5. The fourth-order valence-electron chi connectivity index (χ4n) is 3.79. The van der Waals surface area contributed by atoms with Gasteiger partial charge in [-0.3, -0.25) is 14.5 Å². The predicted molar refractivity (Wildman–Crippen MR) is 96.6 cm³/mol. The largest absolute Gasteiger partial charge is 0.482 e. The smallest absolute Gasteiger partial charge is 0.330 e. The molecule has 1 saturated carbocycles. The van der Waals surface area contributed by atoms with E-state index in [4.69, 9.17) is 9.47 Å². The van der Waals surface area contributed by atoms with E-state index in [0.29, 0.717) is 18.0 Å². The van der Waals surface area contributed by atoms with E-state index < -0.39 is 22.8 Å². The van der Waals surface area contributed by atoms with Crippen molar-refractivity contribution < 1.29 is 29.0 Å². The quantitative estimate of drug-likeness (QED) is 0.773. The summed E-state index contributed by atoms with van der Waals surface area (Å²) in [4.78, 5) is 38.2. The molecule has 0 aromatic heterocycles. The molecule has 8 heteroatoms. The van der Waals surface area contributed by atoms with Crippen molar-refractivity contribution >= 4 is 23.5 Å². The first-order valence-electron chi connectivity index (χ1n) is 8.91. The average molecular weight is 376 g/mol. The van der Waals surface area contributed by atoms with Crippen LogP contribution in [0.4, 0.5) is 5.69 Å². The zero-order valence-electron chi connectivity index (χ0n) is 15.7. The minimum Gasteiger partial charge on any atom is -0.482 e. The van der Waals surface area contributed by atoms with Crippen molar-refractivity contribution in [2.24, 2.45) is 5.41 Å². The standard InChI is InChI=1S/C19H24N2O6/c1-4-26-14-9-19(17(24)25,18(14,2)3)20-15(22)10-21-12-7-5-6-8-13(12)27-11-16(21)23/h5-8,14H,4,9-11H2,1-3H3,(H,20,22)(H,24,25). The molecule has 3 rings (SSSR count). The maximum atomic E-state index is 12.7. The Labute approximate surface area is 157 Å². The van der Waals surface area contributed by atoms with Crippen molar-refractivity contribution in [1.29, 1.82) is 0 Å². The highest BCUT2D eigenvalue weighted by molar-refractivity contribution is 6.03. The van der Waals surface area contributed by atoms with E-state index in [9.17, 15) is 19.5 Å². The topological polar surface area (TPSA) is 105 Å². The van der Waals surface area contributed by atoms with Crippen LogP contribution in [0.3, 0.4) is 0 Å². The van der Waals surface area contributed by atoms with Crippen LogP contribution in [0.2, 0.25) is 0 Å². The van der Waals surface area contributed by atoms with Crippen LogP contribution in [0.15, 0.2) is 24.3 Å². The lowest BCUT2D eigenvalue weighted by molar-refractivity contribution is -0.194. The van der Waals surface area contributed by atoms with Gasteiger partial charge in [0.05, 0.1) is 11.8 Å². The van der Waals surface area contributed by atoms with Gasteiger partial charge < -0.3 is 19.9 Å². The Balaban J connectivity index is 1.77. The summed E-state index contributed by atoms with van der Waals surface area (Å²) < 4.78 is 11.0. The summed E-state index contributed by atoms with van der Waals surface area (Å²) in [5, 5.41) is 12.5. The molecule has 2 unspecified atom stereocenters. The van der Waals surface area contributed by atoms with Crippen LogP contribution < -0.4 is 15.0 Å². The molecule has 27 heavy (non-hydrogen) atoms. The molecule has 0 saturated heterocycles. The number of anilines is 1. The van der Waals surface area contributed by atoms with Crippen LogP contribution in [-0.2, 0) is 19.1 Å². The fourth-order valence-corrected chi connectivity index (χ4v) is 3.79. The van der Waals surface area contributed by atoms with Crippen molar-refractivity contribution in [2.75, 3.05) is 24.7 Å². The number of nitrogens with one attached hydrogen (secondary N) is 1. The molecule has 1 aliphatic carbocycles. The molecule has 1 aliphatic heterocycles. The summed E-state index contributed by atoms with van der Waals surface area (Å²) in [5.41, 5.74) is -1.72. The van der Waals surface area contributed by atoms with Gasteiger partial charge in [0, 0.05) is 18.4 Å². The van der Waals surface area contributed by atoms with Crippen LogP contribution in [-0.4, -0.2) is 54.3 Å². The second-order valence-electron chi connectivity index (χ2n) is 7.36. The summed E-state index contributed by atoms with van der Waals surface area (Å²) >= 11 is 0. The molecule has 2 atom stereocenters. The van der Waals surface area contributed by atoms with Gasteiger partial charge in [0.1, 0.15) is 17.8 Å². The normalized spacial score (nSPS) is 25.8. The zero-order chi connectivity index (χ0) is 19.8. The molecule has 0 spiro atoms. The number of para-hydroxylation sites is 2. The first kappa shape index (κ1) is 19.2. The number of aliphatic carboxylic acids is 1. The Morgan fingerprint density at radius 1 is 1.37 bits per heavy atom. The first-order valence-corrected chi connectivity index (χ1v) is 8.91. The Morgan fingerprint density at radius 3 is 2.70 bits per heavy atom. The molecule has 8 nitrogen and oxygen atoms in total. The highest BCUT2D eigenvalue weighted by Crippen LogP contribution is 2.51. The molecule has 0 bridgehead atoms. The van der Waals surface area contributed by atoms with Crippen molar-refractivity contribution in [1.82, 2.24) is 5.32 Å². The van der Waals surface area contributed by atoms with Gasteiger partial charge in [-0.25, -0.2) is 4.79 Å². The summed E-state index contributed by atoms with van der Waals surface area (Å²) in [6.07, 6.45) is -0.0765. The van der Waals surface area contributed by atoms with E-state index in [1.165, 1.54) is 4.90 Å². The van der Waals surface area contributed by atoms with Crippen LogP contribution in [0.5, 0.6) is 5.75 Å². The van der Waals surface area contributed by atoms with Gasteiger partial charge >= 0.3 is 5.97 Å². The second-order valence-corrected chi connectivity index (χ2v) is 7.36. The molecule has 146 valence electrons. The van der Waals surface area contributed by atoms with Crippen LogP contribution in [0.1, 0.15) is 27.2 Å².